The van der Waals surface area contributed by atoms with Crippen molar-refractivity contribution in [3.63, 3.8) is 0 Å². The summed E-state index contributed by atoms with van der Waals surface area (Å²) in [5.41, 5.74) is 1.26. The quantitative estimate of drug-likeness (QED) is 0.625. The van der Waals surface area contributed by atoms with E-state index in [1.807, 2.05) is 6.92 Å². The first-order valence-corrected chi connectivity index (χ1v) is 9.99. The van der Waals surface area contributed by atoms with Crippen LogP contribution in [-0.4, -0.2) is 31.5 Å². The Labute approximate surface area is 171 Å². The molecule has 0 atom stereocenters. The zero-order valence-electron chi connectivity index (χ0n) is 16.9. The summed E-state index contributed by atoms with van der Waals surface area (Å²) in [6, 6.07) is 12.1. The zero-order valence-corrected chi connectivity index (χ0v) is 16.9. The highest BCUT2D eigenvalue weighted by atomic mass is 16.5. The third-order valence-electron chi connectivity index (χ3n) is 4.91. The zero-order chi connectivity index (χ0) is 20.6. The van der Waals surface area contributed by atoms with E-state index < -0.39 is 0 Å². The van der Waals surface area contributed by atoms with E-state index in [0.717, 1.165) is 12.8 Å². The molecule has 6 nitrogen and oxygen atoms in total. The Kier molecular flexibility index (Phi) is 7.11. The summed E-state index contributed by atoms with van der Waals surface area (Å²) in [6.07, 6.45) is 5.08. The lowest BCUT2D eigenvalue weighted by Crippen LogP contribution is -2.20. The number of ketones is 1. The van der Waals surface area contributed by atoms with Gasteiger partial charge in [0.15, 0.2) is 23.9 Å². The monoisotopic (exact) mass is 397 g/mol. The Balaban J connectivity index is 1.56. The highest BCUT2D eigenvalue weighted by molar-refractivity contribution is 5.96. The minimum Gasteiger partial charge on any atom is -0.493 e. The lowest BCUT2D eigenvalue weighted by atomic mass is 10.1. The van der Waals surface area contributed by atoms with Crippen LogP contribution in [-0.2, 0) is 4.79 Å². The number of Topliss-reactive ketones (excluding diaryl/α,β-unsaturated/α-hetero) is 1. The lowest BCUT2D eigenvalue weighted by molar-refractivity contribution is -0.118. The molecule has 0 spiro atoms. The molecule has 0 radical (unpaired) electrons. The predicted molar refractivity (Wildman–Crippen MR) is 111 cm³/mol. The molecular formula is C23H27NO5. The Bertz CT molecular complexity index is 841. The van der Waals surface area contributed by atoms with Crippen molar-refractivity contribution in [2.75, 3.05) is 19.0 Å². The molecule has 1 aliphatic carbocycles. The Morgan fingerprint density at radius 1 is 1.03 bits per heavy atom. The minimum absolute atomic E-state index is 0.0735. The third-order valence-corrected chi connectivity index (χ3v) is 4.91. The topological polar surface area (TPSA) is 73.9 Å². The van der Waals surface area contributed by atoms with E-state index in [4.69, 9.17) is 14.2 Å². The van der Waals surface area contributed by atoms with Crippen molar-refractivity contribution in [3.8, 4) is 17.2 Å². The van der Waals surface area contributed by atoms with E-state index in [1.54, 1.807) is 49.6 Å². The van der Waals surface area contributed by atoms with E-state index in [0.29, 0.717) is 34.9 Å². The number of benzene rings is 2. The highest BCUT2D eigenvalue weighted by Gasteiger charge is 2.19. The second-order valence-corrected chi connectivity index (χ2v) is 7.03. The van der Waals surface area contributed by atoms with Crippen molar-refractivity contribution in [1.82, 2.24) is 0 Å². The smallest absolute Gasteiger partial charge is 0.262 e. The standard InChI is InChI=1S/C23H27NO5/c1-3-20(25)16-8-11-18(12-9-16)28-15-23(26)24-17-10-13-21(27-2)22(14-17)29-19-6-4-5-7-19/h8-14,19H,3-7,15H2,1-2H3,(H,24,26). The normalized spacial score (nSPS) is 13.7. The van der Waals surface area contributed by atoms with Gasteiger partial charge >= 0.3 is 0 Å². The van der Waals surface area contributed by atoms with Crippen LogP contribution in [0.4, 0.5) is 5.69 Å². The Morgan fingerprint density at radius 3 is 2.41 bits per heavy atom. The van der Waals surface area contributed by atoms with Crippen molar-refractivity contribution in [2.24, 2.45) is 0 Å². The number of ether oxygens (including phenoxy) is 3. The molecule has 1 amide bonds. The molecule has 2 aromatic rings. The molecule has 1 fully saturated rings. The average molecular weight is 397 g/mol. The maximum atomic E-state index is 12.3. The fourth-order valence-electron chi connectivity index (χ4n) is 3.32. The van der Waals surface area contributed by atoms with Crippen LogP contribution >= 0.6 is 0 Å². The number of carbonyl (C=O) groups is 2. The lowest BCUT2D eigenvalue weighted by Gasteiger charge is -2.17. The summed E-state index contributed by atoms with van der Waals surface area (Å²) in [7, 11) is 1.60. The number of hydrogen-bond donors (Lipinski definition) is 1. The Morgan fingerprint density at radius 2 is 1.76 bits per heavy atom. The van der Waals surface area contributed by atoms with Gasteiger partial charge < -0.3 is 19.5 Å². The first-order chi connectivity index (χ1) is 14.1. The average Bonchev–Trinajstić information content (AvgIpc) is 3.25. The van der Waals surface area contributed by atoms with Crippen molar-refractivity contribution >= 4 is 17.4 Å². The van der Waals surface area contributed by atoms with Crippen molar-refractivity contribution < 1.29 is 23.8 Å². The van der Waals surface area contributed by atoms with Gasteiger partial charge in [-0.15, -0.1) is 0 Å². The molecule has 1 N–H and O–H groups in total. The van der Waals surface area contributed by atoms with Crippen LogP contribution in [0.25, 0.3) is 0 Å². The number of anilines is 1. The summed E-state index contributed by atoms with van der Waals surface area (Å²) in [5.74, 6) is 1.61. The second-order valence-electron chi connectivity index (χ2n) is 7.03. The van der Waals surface area contributed by atoms with Crippen LogP contribution in [0.3, 0.4) is 0 Å². The third kappa shape index (κ3) is 5.73. The SMILES string of the molecule is CCC(=O)c1ccc(OCC(=O)Nc2ccc(OC)c(OC3CCCC3)c2)cc1. The second kappa shape index (κ2) is 9.96. The van der Waals surface area contributed by atoms with E-state index in [2.05, 4.69) is 5.32 Å². The molecule has 0 aliphatic heterocycles. The molecule has 0 heterocycles. The first kappa shape index (κ1) is 20.7. The molecule has 2 aromatic carbocycles. The van der Waals surface area contributed by atoms with Gasteiger partial charge in [-0.3, -0.25) is 9.59 Å². The van der Waals surface area contributed by atoms with Gasteiger partial charge in [-0.2, -0.15) is 0 Å². The summed E-state index contributed by atoms with van der Waals surface area (Å²) >= 11 is 0. The minimum atomic E-state index is -0.282. The van der Waals surface area contributed by atoms with E-state index in [1.165, 1.54) is 12.8 Å². The van der Waals surface area contributed by atoms with E-state index in [9.17, 15) is 9.59 Å². The summed E-state index contributed by atoms with van der Waals surface area (Å²) < 4.78 is 16.9. The van der Waals surface area contributed by atoms with Crippen molar-refractivity contribution in [1.29, 1.82) is 0 Å². The first-order valence-electron chi connectivity index (χ1n) is 9.99. The number of rotatable bonds is 9. The van der Waals surface area contributed by atoms with Crippen LogP contribution in [0.1, 0.15) is 49.4 Å². The number of carbonyl (C=O) groups excluding carboxylic acids is 2. The molecule has 6 heteroatoms. The van der Waals surface area contributed by atoms with Crippen LogP contribution in [0.5, 0.6) is 17.2 Å². The van der Waals surface area contributed by atoms with Gasteiger partial charge in [0.1, 0.15) is 5.75 Å². The number of methoxy groups -OCH3 is 1. The summed E-state index contributed by atoms with van der Waals surface area (Å²) in [6.45, 7) is 1.69. The van der Waals surface area contributed by atoms with Crippen LogP contribution in [0, 0.1) is 0 Å². The van der Waals surface area contributed by atoms with Crippen LogP contribution < -0.4 is 19.5 Å². The summed E-state index contributed by atoms with van der Waals surface area (Å²) in [5, 5.41) is 2.81. The van der Waals surface area contributed by atoms with Gasteiger partial charge in [0.25, 0.3) is 5.91 Å². The molecule has 0 bridgehead atoms. The Hall–Kier alpha value is -3.02. The summed E-state index contributed by atoms with van der Waals surface area (Å²) in [4.78, 5) is 23.9. The molecule has 29 heavy (non-hydrogen) atoms. The number of nitrogens with one attached hydrogen (secondary N) is 1. The van der Waals surface area contributed by atoms with Crippen molar-refractivity contribution in [2.45, 2.75) is 45.1 Å². The molecule has 0 aromatic heterocycles. The van der Waals surface area contributed by atoms with Gasteiger partial charge in [0, 0.05) is 23.7 Å². The maximum absolute atomic E-state index is 12.3. The van der Waals surface area contributed by atoms with Crippen LogP contribution in [0.2, 0.25) is 0 Å². The predicted octanol–water partition coefficient (Wildman–Crippen LogP) is 4.63. The van der Waals surface area contributed by atoms with Gasteiger partial charge in [0.05, 0.1) is 13.2 Å². The van der Waals surface area contributed by atoms with Gasteiger partial charge in [-0.1, -0.05) is 6.92 Å². The van der Waals surface area contributed by atoms with E-state index in [-0.39, 0.29) is 24.4 Å². The van der Waals surface area contributed by atoms with Crippen molar-refractivity contribution in [3.05, 3.63) is 48.0 Å². The molecule has 0 saturated heterocycles. The number of hydrogen-bond acceptors (Lipinski definition) is 5. The molecule has 1 aliphatic rings. The molecule has 154 valence electrons. The maximum Gasteiger partial charge on any atom is 0.262 e. The fraction of sp³-hybridized carbons (Fsp3) is 0.391. The number of amides is 1. The largest absolute Gasteiger partial charge is 0.493 e. The highest BCUT2D eigenvalue weighted by Crippen LogP contribution is 2.33. The van der Waals surface area contributed by atoms with Gasteiger partial charge in [-0.05, 0) is 62.1 Å². The van der Waals surface area contributed by atoms with Gasteiger partial charge in [0.2, 0.25) is 0 Å². The van der Waals surface area contributed by atoms with Gasteiger partial charge in [-0.25, -0.2) is 0 Å². The molecule has 1 saturated carbocycles. The molecular weight excluding hydrogens is 370 g/mol. The van der Waals surface area contributed by atoms with Crippen LogP contribution in [0.15, 0.2) is 42.5 Å². The molecule has 0 unspecified atom stereocenters. The van der Waals surface area contributed by atoms with E-state index >= 15 is 0 Å². The fourth-order valence-corrected chi connectivity index (χ4v) is 3.32. The molecule has 3 rings (SSSR count).